The average molecular weight is 628 g/mol. The van der Waals surface area contributed by atoms with Crippen molar-refractivity contribution < 1.29 is 23.9 Å². The number of hydrogen-bond acceptors (Lipinski definition) is 7. The zero-order valence-electron chi connectivity index (χ0n) is 26.7. The number of primary amides is 1. The van der Waals surface area contributed by atoms with E-state index in [9.17, 15) is 14.4 Å². The van der Waals surface area contributed by atoms with Crippen LogP contribution in [0.4, 0.5) is 4.79 Å². The van der Waals surface area contributed by atoms with Crippen LogP contribution in [0.5, 0.6) is 0 Å². The lowest BCUT2D eigenvalue weighted by Crippen LogP contribution is -2.50. The molecule has 1 aromatic heterocycles. The standard InChI is InChI=1S/C35H53N3O5S/c1-2-3-4-5-6-7-8-9-10-11-12-13-14-15-16-19-26-42-34(43-35(36)41)30(23-20-24-31-37-25-27-44-31)38-32(39)28-21-17-18-22-29(28)33(38)40/h17-18,21-22,25,27,30,34H,2-16,19-20,23-24,26H2,1H3,(H2,36,41). The highest BCUT2D eigenvalue weighted by molar-refractivity contribution is 7.09. The van der Waals surface area contributed by atoms with Crippen LogP contribution in [0.2, 0.25) is 0 Å². The molecule has 0 aliphatic carbocycles. The number of hydrogen-bond donors (Lipinski definition) is 1. The van der Waals surface area contributed by atoms with Crippen molar-refractivity contribution in [3.8, 4) is 0 Å². The first-order valence-electron chi connectivity index (χ1n) is 17.0. The number of ether oxygens (including phenoxy) is 2. The molecule has 0 saturated carbocycles. The molecule has 244 valence electrons. The van der Waals surface area contributed by atoms with E-state index in [0.717, 1.165) is 24.3 Å². The molecule has 0 radical (unpaired) electrons. The maximum atomic E-state index is 13.3. The van der Waals surface area contributed by atoms with Crippen molar-refractivity contribution in [1.29, 1.82) is 0 Å². The number of carbonyl (C=O) groups is 3. The van der Waals surface area contributed by atoms with Gasteiger partial charge in [-0.1, -0.05) is 115 Å². The predicted octanol–water partition coefficient (Wildman–Crippen LogP) is 8.83. The number of unbranched alkanes of at least 4 members (excludes halogenated alkanes) is 15. The lowest BCUT2D eigenvalue weighted by atomic mass is 10.0. The summed E-state index contributed by atoms with van der Waals surface area (Å²) in [6.45, 7) is 2.62. The Morgan fingerprint density at radius 3 is 1.82 bits per heavy atom. The van der Waals surface area contributed by atoms with Crippen molar-refractivity contribution in [2.45, 2.75) is 141 Å². The number of thiazole rings is 1. The lowest BCUT2D eigenvalue weighted by molar-refractivity contribution is -0.136. The number of aromatic nitrogens is 1. The Kier molecular flexibility index (Phi) is 17.1. The van der Waals surface area contributed by atoms with Gasteiger partial charge in [0.25, 0.3) is 11.8 Å². The van der Waals surface area contributed by atoms with E-state index >= 15 is 0 Å². The molecule has 1 aliphatic rings. The topological polar surface area (TPSA) is 112 Å². The van der Waals surface area contributed by atoms with Crippen molar-refractivity contribution in [3.63, 3.8) is 0 Å². The summed E-state index contributed by atoms with van der Waals surface area (Å²) in [7, 11) is 0. The van der Waals surface area contributed by atoms with Crippen LogP contribution in [0.15, 0.2) is 35.8 Å². The predicted molar refractivity (Wildman–Crippen MR) is 176 cm³/mol. The van der Waals surface area contributed by atoms with Crippen molar-refractivity contribution in [3.05, 3.63) is 52.0 Å². The molecule has 2 aromatic rings. The summed E-state index contributed by atoms with van der Waals surface area (Å²) < 4.78 is 11.4. The third-order valence-corrected chi connectivity index (χ3v) is 9.20. The summed E-state index contributed by atoms with van der Waals surface area (Å²) in [6, 6.07) is 5.95. The van der Waals surface area contributed by atoms with Gasteiger partial charge in [-0.3, -0.25) is 14.5 Å². The zero-order valence-corrected chi connectivity index (χ0v) is 27.5. The first kappa shape index (κ1) is 35.7. The van der Waals surface area contributed by atoms with Gasteiger partial charge in [0.2, 0.25) is 6.29 Å². The lowest BCUT2D eigenvalue weighted by Gasteiger charge is -2.32. The number of amides is 3. The second-order valence-corrected chi connectivity index (χ2v) is 12.9. The van der Waals surface area contributed by atoms with E-state index in [1.807, 2.05) is 5.38 Å². The van der Waals surface area contributed by atoms with E-state index in [4.69, 9.17) is 15.2 Å². The van der Waals surface area contributed by atoms with Crippen LogP contribution in [-0.2, 0) is 15.9 Å². The van der Waals surface area contributed by atoms with Crippen LogP contribution >= 0.6 is 11.3 Å². The van der Waals surface area contributed by atoms with E-state index in [1.54, 1.807) is 41.8 Å². The highest BCUT2D eigenvalue weighted by Gasteiger charge is 2.44. The Hall–Kier alpha value is -2.78. The average Bonchev–Trinajstić information content (AvgIpc) is 3.62. The monoisotopic (exact) mass is 627 g/mol. The Morgan fingerprint density at radius 2 is 1.34 bits per heavy atom. The van der Waals surface area contributed by atoms with Gasteiger partial charge in [-0.15, -0.1) is 11.3 Å². The molecule has 0 saturated heterocycles. The Morgan fingerprint density at radius 1 is 0.818 bits per heavy atom. The molecule has 3 rings (SSSR count). The van der Waals surface area contributed by atoms with Gasteiger partial charge in [0.05, 0.1) is 22.7 Å². The SMILES string of the molecule is CCCCCCCCCCCCCCCCCCOC(OC(N)=O)C(CCCc1nccs1)N1C(=O)c2ccccc2C1=O. The molecule has 44 heavy (non-hydrogen) atoms. The van der Waals surface area contributed by atoms with E-state index in [2.05, 4.69) is 11.9 Å². The summed E-state index contributed by atoms with van der Waals surface area (Å²) >= 11 is 1.56. The van der Waals surface area contributed by atoms with Gasteiger partial charge in [0.1, 0.15) is 6.04 Å². The summed E-state index contributed by atoms with van der Waals surface area (Å²) in [5, 5.41) is 2.88. The zero-order chi connectivity index (χ0) is 31.4. The fraction of sp³-hybridized carbons (Fsp3) is 0.657. The number of nitrogens with zero attached hydrogens (tertiary/aromatic N) is 2. The molecule has 3 amide bonds. The summed E-state index contributed by atoms with van der Waals surface area (Å²) in [4.78, 5) is 44.1. The minimum absolute atomic E-state index is 0.345. The van der Waals surface area contributed by atoms with Gasteiger partial charge in [-0.25, -0.2) is 9.78 Å². The minimum Gasteiger partial charge on any atom is -0.417 e. The number of carbonyl (C=O) groups excluding carboxylic acids is 3. The number of nitrogens with two attached hydrogens (primary N) is 1. The van der Waals surface area contributed by atoms with Crippen LogP contribution in [0.25, 0.3) is 0 Å². The molecule has 8 nitrogen and oxygen atoms in total. The van der Waals surface area contributed by atoms with Crippen molar-refractivity contribution in [2.75, 3.05) is 6.61 Å². The summed E-state index contributed by atoms with van der Waals surface area (Å²) in [5.74, 6) is -0.817. The quantitative estimate of drug-likeness (QED) is 0.0669. The van der Waals surface area contributed by atoms with Gasteiger partial charge in [0.15, 0.2) is 0 Å². The number of aryl methyl sites for hydroxylation is 1. The first-order chi connectivity index (χ1) is 21.5. The minimum atomic E-state index is -1.14. The van der Waals surface area contributed by atoms with Crippen LogP contribution < -0.4 is 5.73 Å². The molecule has 0 spiro atoms. The number of fused-ring (bicyclic) bond motifs is 1. The largest absolute Gasteiger partial charge is 0.417 e. The van der Waals surface area contributed by atoms with Gasteiger partial charge in [0, 0.05) is 11.6 Å². The smallest absolute Gasteiger partial charge is 0.406 e. The third-order valence-electron chi connectivity index (χ3n) is 8.36. The van der Waals surface area contributed by atoms with E-state index < -0.39 is 30.2 Å². The molecule has 2 unspecified atom stereocenters. The maximum absolute atomic E-state index is 13.3. The molecule has 2 atom stereocenters. The van der Waals surface area contributed by atoms with Crippen LogP contribution in [0, 0.1) is 0 Å². The Balaban J connectivity index is 1.39. The van der Waals surface area contributed by atoms with Gasteiger partial charge in [-0.2, -0.15) is 0 Å². The molecule has 1 aromatic carbocycles. The van der Waals surface area contributed by atoms with Crippen molar-refractivity contribution in [1.82, 2.24) is 9.88 Å². The van der Waals surface area contributed by atoms with Crippen molar-refractivity contribution in [2.24, 2.45) is 5.73 Å². The number of imide groups is 1. The summed E-state index contributed by atoms with van der Waals surface area (Å²) in [6.07, 6.45) is 21.7. The van der Waals surface area contributed by atoms with Crippen LogP contribution in [0.3, 0.4) is 0 Å². The number of rotatable bonds is 25. The molecule has 2 heterocycles. The Labute approximate surface area is 268 Å². The second-order valence-electron chi connectivity index (χ2n) is 11.9. The maximum Gasteiger partial charge on any atom is 0.406 e. The molecule has 9 heteroatoms. The van der Waals surface area contributed by atoms with Crippen molar-refractivity contribution >= 4 is 29.2 Å². The fourth-order valence-corrected chi connectivity index (χ4v) is 6.59. The summed E-state index contributed by atoms with van der Waals surface area (Å²) in [5.41, 5.74) is 6.11. The van der Waals surface area contributed by atoms with Gasteiger partial charge in [-0.05, 0) is 37.8 Å². The molecule has 0 fully saturated rings. The second kappa shape index (κ2) is 21.0. The van der Waals surface area contributed by atoms with E-state index in [-0.39, 0.29) is 0 Å². The normalized spacial score (nSPS) is 14.2. The Bertz CT molecular complexity index is 1070. The fourth-order valence-electron chi connectivity index (χ4n) is 5.92. The highest BCUT2D eigenvalue weighted by atomic mass is 32.1. The van der Waals surface area contributed by atoms with E-state index in [0.29, 0.717) is 37.0 Å². The van der Waals surface area contributed by atoms with Gasteiger partial charge < -0.3 is 15.2 Å². The molecular weight excluding hydrogens is 574 g/mol. The first-order valence-corrected chi connectivity index (χ1v) is 17.8. The molecule has 1 aliphatic heterocycles. The van der Waals surface area contributed by atoms with Crippen LogP contribution in [-0.4, -0.2) is 46.7 Å². The molecule has 2 N–H and O–H groups in total. The van der Waals surface area contributed by atoms with Crippen LogP contribution in [0.1, 0.15) is 148 Å². The third kappa shape index (κ3) is 12.3. The van der Waals surface area contributed by atoms with E-state index in [1.165, 1.54) is 88.4 Å². The highest BCUT2D eigenvalue weighted by Crippen LogP contribution is 2.29. The van der Waals surface area contributed by atoms with Gasteiger partial charge >= 0.3 is 6.09 Å². The number of benzene rings is 1. The molecular formula is C35H53N3O5S. The molecule has 0 bridgehead atoms.